The first kappa shape index (κ1) is 20.0. The summed E-state index contributed by atoms with van der Waals surface area (Å²) in [6.45, 7) is 3.77. The molecule has 1 saturated heterocycles. The molecule has 146 valence electrons. The zero-order chi connectivity index (χ0) is 19.8. The number of carbonyl (C=O) groups is 1. The molecule has 0 bridgehead atoms. The maximum atomic E-state index is 13.9. The number of aromatic nitrogens is 2. The largest absolute Gasteiger partial charge is 0.323 e. The summed E-state index contributed by atoms with van der Waals surface area (Å²) < 4.78 is 41.5. The van der Waals surface area contributed by atoms with E-state index in [0.717, 1.165) is 0 Å². The van der Waals surface area contributed by atoms with Crippen molar-refractivity contribution in [3.05, 3.63) is 39.9 Å². The number of halogens is 2. The number of anilines is 1. The lowest BCUT2D eigenvalue weighted by Gasteiger charge is -2.30. The molecule has 27 heavy (non-hydrogen) atoms. The molecule has 1 fully saturated rings. The van der Waals surface area contributed by atoms with Crippen LogP contribution < -0.4 is 5.32 Å². The molecule has 1 aromatic carbocycles. The van der Waals surface area contributed by atoms with E-state index in [1.807, 2.05) is 0 Å². The Hall–Kier alpha value is -1.78. The first-order valence-electron chi connectivity index (χ1n) is 8.47. The normalized spacial score (nSPS) is 16.4. The van der Waals surface area contributed by atoms with E-state index in [4.69, 9.17) is 0 Å². The van der Waals surface area contributed by atoms with Crippen LogP contribution >= 0.6 is 15.9 Å². The second kappa shape index (κ2) is 7.69. The summed E-state index contributed by atoms with van der Waals surface area (Å²) in [6.07, 6.45) is 0.748. The van der Waals surface area contributed by atoms with E-state index in [1.165, 1.54) is 16.4 Å². The second-order valence-corrected chi connectivity index (χ2v) is 9.35. The topological polar surface area (TPSA) is 95.2 Å². The Balaban J connectivity index is 1.65. The van der Waals surface area contributed by atoms with Gasteiger partial charge in [-0.3, -0.25) is 9.89 Å². The van der Waals surface area contributed by atoms with Crippen molar-refractivity contribution < 1.29 is 17.6 Å². The molecule has 2 heterocycles. The number of sulfonamides is 1. The summed E-state index contributed by atoms with van der Waals surface area (Å²) in [5.41, 5.74) is 1.04. The number of H-pyrrole nitrogens is 1. The fourth-order valence-electron chi connectivity index (χ4n) is 3.23. The highest BCUT2D eigenvalue weighted by atomic mass is 79.9. The number of benzene rings is 1. The quantitative estimate of drug-likeness (QED) is 0.735. The lowest BCUT2D eigenvalue weighted by Crippen LogP contribution is -2.41. The van der Waals surface area contributed by atoms with E-state index in [0.29, 0.717) is 28.7 Å². The van der Waals surface area contributed by atoms with Gasteiger partial charge < -0.3 is 5.32 Å². The Morgan fingerprint density at radius 2 is 2.00 bits per heavy atom. The van der Waals surface area contributed by atoms with Crippen LogP contribution in [0.25, 0.3) is 0 Å². The molecule has 0 saturated carbocycles. The number of piperidine rings is 1. The standard InChI is InChI=1S/C17H20BrFN4O3S/c1-10-16(11(2)22-21-10)27(25,26)23-7-5-12(6-8-23)17(24)20-15-4-3-13(18)9-14(15)19/h3-4,9,12H,5-8H2,1-2H3,(H,20,24)(H,21,22). The van der Waals surface area contributed by atoms with Crippen molar-refractivity contribution in [1.29, 1.82) is 0 Å². The van der Waals surface area contributed by atoms with Gasteiger partial charge in [0.1, 0.15) is 10.7 Å². The number of aryl methyl sites for hydroxylation is 2. The fourth-order valence-corrected chi connectivity index (χ4v) is 5.37. The van der Waals surface area contributed by atoms with E-state index in [-0.39, 0.29) is 35.5 Å². The van der Waals surface area contributed by atoms with Crippen LogP contribution in [-0.2, 0) is 14.8 Å². The van der Waals surface area contributed by atoms with Gasteiger partial charge in [0.2, 0.25) is 15.9 Å². The molecular weight excluding hydrogens is 439 g/mol. The lowest BCUT2D eigenvalue weighted by atomic mass is 9.97. The predicted molar refractivity (Wildman–Crippen MR) is 102 cm³/mol. The number of carbonyl (C=O) groups excluding carboxylic acids is 1. The van der Waals surface area contributed by atoms with Crippen LogP contribution in [0.15, 0.2) is 27.6 Å². The van der Waals surface area contributed by atoms with Crippen LogP contribution in [0, 0.1) is 25.6 Å². The van der Waals surface area contributed by atoms with Crippen LogP contribution in [0.3, 0.4) is 0 Å². The summed E-state index contributed by atoms with van der Waals surface area (Å²) in [5, 5.41) is 9.22. The van der Waals surface area contributed by atoms with Crippen molar-refractivity contribution in [2.45, 2.75) is 31.6 Å². The van der Waals surface area contributed by atoms with Crippen molar-refractivity contribution in [3.8, 4) is 0 Å². The van der Waals surface area contributed by atoms with Gasteiger partial charge in [-0.1, -0.05) is 15.9 Å². The van der Waals surface area contributed by atoms with Gasteiger partial charge in [-0.15, -0.1) is 0 Å². The van der Waals surface area contributed by atoms with Crippen LogP contribution in [0.1, 0.15) is 24.2 Å². The summed E-state index contributed by atoms with van der Waals surface area (Å²) >= 11 is 3.17. The molecule has 2 N–H and O–H groups in total. The average molecular weight is 459 g/mol. The predicted octanol–water partition coefficient (Wildman–Crippen LogP) is 2.97. The van der Waals surface area contributed by atoms with Gasteiger partial charge in [0, 0.05) is 23.5 Å². The van der Waals surface area contributed by atoms with Gasteiger partial charge in [0.05, 0.1) is 17.1 Å². The van der Waals surface area contributed by atoms with Gasteiger partial charge in [0.15, 0.2) is 0 Å². The molecule has 7 nitrogen and oxygen atoms in total. The van der Waals surface area contributed by atoms with Gasteiger partial charge >= 0.3 is 0 Å². The lowest BCUT2D eigenvalue weighted by molar-refractivity contribution is -0.120. The highest BCUT2D eigenvalue weighted by Gasteiger charge is 2.34. The summed E-state index contributed by atoms with van der Waals surface area (Å²) in [7, 11) is -3.66. The van der Waals surface area contributed by atoms with Gasteiger partial charge in [0.25, 0.3) is 0 Å². The smallest absolute Gasteiger partial charge is 0.246 e. The zero-order valence-corrected chi connectivity index (χ0v) is 17.3. The minimum atomic E-state index is -3.66. The zero-order valence-electron chi connectivity index (χ0n) is 14.9. The van der Waals surface area contributed by atoms with Crippen molar-refractivity contribution in [2.75, 3.05) is 18.4 Å². The molecule has 0 spiro atoms. The Bertz CT molecular complexity index is 949. The van der Waals surface area contributed by atoms with Crippen molar-refractivity contribution in [2.24, 2.45) is 5.92 Å². The van der Waals surface area contributed by atoms with E-state index >= 15 is 0 Å². The van der Waals surface area contributed by atoms with Gasteiger partial charge in [-0.25, -0.2) is 12.8 Å². The molecule has 10 heteroatoms. The third-order valence-electron chi connectivity index (χ3n) is 4.67. The van der Waals surface area contributed by atoms with Gasteiger partial charge in [-0.2, -0.15) is 9.40 Å². The molecule has 3 rings (SSSR count). The Morgan fingerprint density at radius 3 is 2.56 bits per heavy atom. The molecule has 0 unspecified atom stereocenters. The SMILES string of the molecule is Cc1n[nH]c(C)c1S(=O)(=O)N1CCC(C(=O)Nc2ccc(Br)cc2F)CC1. The number of aromatic amines is 1. The molecular formula is C17H20BrFN4O3S. The highest BCUT2D eigenvalue weighted by Crippen LogP contribution is 2.28. The minimum Gasteiger partial charge on any atom is -0.323 e. The van der Waals surface area contributed by atoms with E-state index < -0.39 is 15.8 Å². The molecule has 1 aliphatic heterocycles. The highest BCUT2D eigenvalue weighted by molar-refractivity contribution is 9.10. The number of rotatable bonds is 4. The first-order chi connectivity index (χ1) is 12.7. The first-order valence-corrected chi connectivity index (χ1v) is 10.7. The number of hydrogen-bond acceptors (Lipinski definition) is 4. The summed E-state index contributed by atoms with van der Waals surface area (Å²) in [5.74, 6) is -1.20. The second-order valence-electron chi connectivity index (χ2n) is 6.55. The Labute approximate surface area is 165 Å². The molecule has 0 aliphatic carbocycles. The number of nitrogens with one attached hydrogen (secondary N) is 2. The van der Waals surface area contributed by atoms with Crippen LogP contribution in [0.5, 0.6) is 0 Å². The molecule has 1 amide bonds. The van der Waals surface area contributed by atoms with Crippen molar-refractivity contribution in [1.82, 2.24) is 14.5 Å². The molecule has 1 aromatic heterocycles. The Morgan fingerprint density at radius 1 is 1.33 bits per heavy atom. The molecule has 2 aromatic rings. The van der Waals surface area contributed by atoms with Gasteiger partial charge in [-0.05, 0) is 44.9 Å². The number of hydrogen-bond donors (Lipinski definition) is 2. The number of amides is 1. The Kier molecular flexibility index (Phi) is 5.68. The molecule has 1 aliphatic rings. The van der Waals surface area contributed by atoms with Crippen LogP contribution in [0.2, 0.25) is 0 Å². The van der Waals surface area contributed by atoms with E-state index in [9.17, 15) is 17.6 Å². The van der Waals surface area contributed by atoms with E-state index in [2.05, 4.69) is 31.4 Å². The fraction of sp³-hybridized carbons (Fsp3) is 0.412. The maximum absolute atomic E-state index is 13.9. The summed E-state index contributed by atoms with van der Waals surface area (Å²) in [6, 6.07) is 4.41. The molecule has 0 radical (unpaired) electrons. The van der Waals surface area contributed by atoms with Crippen LogP contribution in [-0.4, -0.2) is 41.9 Å². The maximum Gasteiger partial charge on any atom is 0.246 e. The monoisotopic (exact) mass is 458 g/mol. The third kappa shape index (κ3) is 4.07. The number of nitrogens with zero attached hydrogens (tertiary/aromatic N) is 2. The van der Waals surface area contributed by atoms with Crippen molar-refractivity contribution in [3.63, 3.8) is 0 Å². The summed E-state index contributed by atoms with van der Waals surface area (Å²) in [4.78, 5) is 12.6. The third-order valence-corrected chi connectivity index (χ3v) is 7.33. The van der Waals surface area contributed by atoms with Crippen LogP contribution in [0.4, 0.5) is 10.1 Å². The minimum absolute atomic E-state index is 0.114. The molecule has 0 atom stereocenters. The van der Waals surface area contributed by atoms with Crippen molar-refractivity contribution >= 4 is 37.5 Å². The average Bonchev–Trinajstić information content (AvgIpc) is 2.96. The van der Waals surface area contributed by atoms with E-state index in [1.54, 1.807) is 19.9 Å².